The molecule has 1 fully saturated rings. The molecule has 4 nitrogen and oxygen atoms in total. The van der Waals surface area contributed by atoms with Gasteiger partial charge in [-0.15, -0.1) is 0 Å². The molecule has 0 bridgehead atoms. The number of ether oxygens (including phenoxy) is 1. The fraction of sp³-hybridized carbons (Fsp3) is 0.917. The number of amides is 1. The van der Waals surface area contributed by atoms with Gasteiger partial charge in [0, 0.05) is 27.1 Å². The molecule has 1 unspecified atom stereocenters. The van der Waals surface area contributed by atoms with Gasteiger partial charge < -0.3 is 14.7 Å². The maximum absolute atomic E-state index is 11.8. The lowest BCUT2D eigenvalue weighted by atomic mass is 10.0. The molecule has 94 valence electrons. The first-order valence-corrected chi connectivity index (χ1v) is 6.04. The molecule has 0 aromatic rings. The van der Waals surface area contributed by atoms with Crippen LogP contribution in [0.5, 0.6) is 0 Å². The normalized spacial score (nSPS) is 18.7. The van der Waals surface area contributed by atoms with Crippen LogP contribution in [-0.2, 0) is 9.53 Å². The van der Waals surface area contributed by atoms with Gasteiger partial charge in [0.15, 0.2) is 0 Å². The molecule has 0 radical (unpaired) electrons. The van der Waals surface area contributed by atoms with E-state index in [1.54, 1.807) is 19.1 Å². The Balaban J connectivity index is 2.23. The van der Waals surface area contributed by atoms with Gasteiger partial charge in [-0.3, -0.25) is 4.79 Å². The number of rotatable bonds is 6. The highest BCUT2D eigenvalue weighted by molar-refractivity contribution is 5.76. The minimum Gasteiger partial charge on any atom is -0.389 e. The zero-order valence-corrected chi connectivity index (χ0v) is 10.3. The van der Waals surface area contributed by atoms with Gasteiger partial charge >= 0.3 is 0 Å². The van der Waals surface area contributed by atoms with Crippen LogP contribution in [0.15, 0.2) is 0 Å². The van der Waals surface area contributed by atoms with Crippen LogP contribution in [0.25, 0.3) is 0 Å². The SMILES string of the molecule is COCC(O)CN(C)C(=O)CC1CCCC1. The predicted octanol–water partition coefficient (Wildman–Crippen LogP) is 1.03. The average Bonchev–Trinajstić information content (AvgIpc) is 2.70. The summed E-state index contributed by atoms with van der Waals surface area (Å²) < 4.78 is 4.83. The third-order valence-electron chi connectivity index (χ3n) is 3.21. The molecular formula is C12H23NO3. The second kappa shape index (κ2) is 6.86. The van der Waals surface area contributed by atoms with Crippen LogP contribution in [0.4, 0.5) is 0 Å². The smallest absolute Gasteiger partial charge is 0.222 e. The number of aliphatic hydroxyl groups excluding tert-OH is 1. The Morgan fingerprint density at radius 1 is 1.50 bits per heavy atom. The molecule has 1 rings (SSSR count). The van der Waals surface area contributed by atoms with Gasteiger partial charge in [-0.1, -0.05) is 12.8 Å². The second-order valence-electron chi connectivity index (χ2n) is 4.74. The maximum atomic E-state index is 11.8. The predicted molar refractivity (Wildman–Crippen MR) is 62.1 cm³/mol. The van der Waals surface area contributed by atoms with Crippen molar-refractivity contribution < 1.29 is 14.6 Å². The molecule has 1 atom stereocenters. The van der Waals surface area contributed by atoms with Gasteiger partial charge in [0.05, 0.1) is 12.7 Å². The van der Waals surface area contributed by atoms with Crippen molar-refractivity contribution in [3.05, 3.63) is 0 Å². The van der Waals surface area contributed by atoms with Crippen LogP contribution in [0.2, 0.25) is 0 Å². The summed E-state index contributed by atoms with van der Waals surface area (Å²) in [6.45, 7) is 0.639. The molecule has 0 saturated heterocycles. The second-order valence-corrected chi connectivity index (χ2v) is 4.74. The lowest BCUT2D eigenvalue weighted by Crippen LogP contribution is -2.36. The van der Waals surface area contributed by atoms with Gasteiger partial charge in [0.25, 0.3) is 0 Å². The van der Waals surface area contributed by atoms with Crippen molar-refractivity contribution in [2.75, 3.05) is 27.3 Å². The summed E-state index contributed by atoms with van der Waals surface area (Å²) in [4.78, 5) is 13.4. The first-order chi connectivity index (χ1) is 7.63. The zero-order valence-electron chi connectivity index (χ0n) is 10.3. The minimum absolute atomic E-state index is 0.141. The summed E-state index contributed by atoms with van der Waals surface area (Å²) in [5.41, 5.74) is 0. The van der Waals surface area contributed by atoms with Crippen molar-refractivity contribution in [2.24, 2.45) is 5.92 Å². The van der Waals surface area contributed by atoms with Gasteiger partial charge in [-0.05, 0) is 18.8 Å². The third kappa shape index (κ3) is 4.49. The van der Waals surface area contributed by atoms with Crippen molar-refractivity contribution in [1.29, 1.82) is 0 Å². The van der Waals surface area contributed by atoms with E-state index in [9.17, 15) is 9.90 Å². The van der Waals surface area contributed by atoms with Gasteiger partial charge in [0.1, 0.15) is 0 Å². The molecule has 0 aromatic carbocycles. The Bertz CT molecular complexity index is 214. The van der Waals surface area contributed by atoms with E-state index in [0.717, 1.165) is 0 Å². The van der Waals surface area contributed by atoms with E-state index in [4.69, 9.17) is 4.74 Å². The van der Waals surface area contributed by atoms with E-state index in [-0.39, 0.29) is 12.5 Å². The maximum Gasteiger partial charge on any atom is 0.222 e. The number of likely N-dealkylation sites (N-methyl/N-ethyl adjacent to an activating group) is 1. The van der Waals surface area contributed by atoms with Crippen LogP contribution in [0, 0.1) is 5.92 Å². The molecule has 1 amide bonds. The first-order valence-electron chi connectivity index (χ1n) is 6.04. The Kier molecular flexibility index (Phi) is 5.77. The molecular weight excluding hydrogens is 206 g/mol. The Labute approximate surface area is 97.6 Å². The topological polar surface area (TPSA) is 49.8 Å². The first kappa shape index (κ1) is 13.5. The van der Waals surface area contributed by atoms with Crippen LogP contribution in [0.1, 0.15) is 32.1 Å². The number of carbonyl (C=O) groups excluding carboxylic acids is 1. The average molecular weight is 229 g/mol. The molecule has 0 spiro atoms. The molecule has 1 saturated carbocycles. The summed E-state index contributed by atoms with van der Waals surface area (Å²) in [5.74, 6) is 0.705. The van der Waals surface area contributed by atoms with E-state index in [1.165, 1.54) is 25.7 Å². The van der Waals surface area contributed by atoms with E-state index in [1.807, 2.05) is 0 Å². The van der Waals surface area contributed by atoms with E-state index in [0.29, 0.717) is 18.9 Å². The van der Waals surface area contributed by atoms with Crippen molar-refractivity contribution in [3.8, 4) is 0 Å². The Morgan fingerprint density at radius 2 is 2.12 bits per heavy atom. The minimum atomic E-state index is -0.581. The van der Waals surface area contributed by atoms with Crippen molar-refractivity contribution in [1.82, 2.24) is 4.90 Å². The summed E-state index contributed by atoms with van der Waals surface area (Å²) >= 11 is 0. The quantitative estimate of drug-likeness (QED) is 0.740. The third-order valence-corrected chi connectivity index (χ3v) is 3.21. The molecule has 1 aliphatic rings. The molecule has 0 aliphatic heterocycles. The molecule has 16 heavy (non-hydrogen) atoms. The van der Waals surface area contributed by atoms with Crippen LogP contribution in [0.3, 0.4) is 0 Å². The number of hydrogen-bond acceptors (Lipinski definition) is 3. The van der Waals surface area contributed by atoms with Gasteiger partial charge in [-0.2, -0.15) is 0 Å². The number of carbonyl (C=O) groups is 1. The van der Waals surface area contributed by atoms with E-state index >= 15 is 0 Å². The van der Waals surface area contributed by atoms with Crippen LogP contribution >= 0.6 is 0 Å². The summed E-state index contributed by atoms with van der Waals surface area (Å²) in [6, 6.07) is 0. The number of methoxy groups -OCH3 is 1. The Morgan fingerprint density at radius 3 is 2.69 bits per heavy atom. The lowest BCUT2D eigenvalue weighted by Gasteiger charge is -2.21. The molecule has 1 N–H and O–H groups in total. The number of aliphatic hydroxyl groups is 1. The highest BCUT2D eigenvalue weighted by Gasteiger charge is 2.21. The molecule has 0 heterocycles. The van der Waals surface area contributed by atoms with E-state index < -0.39 is 6.10 Å². The van der Waals surface area contributed by atoms with Gasteiger partial charge in [0.2, 0.25) is 5.91 Å². The lowest BCUT2D eigenvalue weighted by molar-refractivity contribution is -0.132. The molecule has 1 aliphatic carbocycles. The summed E-state index contributed by atoms with van der Waals surface area (Å²) in [5, 5.41) is 9.51. The monoisotopic (exact) mass is 229 g/mol. The highest BCUT2D eigenvalue weighted by Crippen LogP contribution is 2.27. The van der Waals surface area contributed by atoms with Crippen LogP contribution in [-0.4, -0.2) is 49.3 Å². The van der Waals surface area contributed by atoms with Crippen molar-refractivity contribution in [2.45, 2.75) is 38.2 Å². The largest absolute Gasteiger partial charge is 0.389 e. The number of hydrogen-bond donors (Lipinski definition) is 1. The number of nitrogens with zero attached hydrogens (tertiary/aromatic N) is 1. The zero-order chi connectivity index (χ0) is 12.0. The van der Waals surface area contributed by atoms with Crippen LogP contribution < -0.4 is 0 Å². The van der Waals surface area contributed by atoms with Crippen molar-refractivity contribution in [3.63, 3.8) is 0 Å². The molecule has 0 aromatic heterocycles. The fourth-order valence-corrected chi connectivity index (χ4v) is 2.28. The highest BCUT2D eigenvalue weighted by atomic mass is 16.5. The standard InChI is InChI=1S/C12H23NO3/c1-13(8-11(14)9-16-2)12(15)7-10-5-3-4-6-10/h10-11,14H,3-9H2,1-2H3. The van der Waals surface area contributed by atoms with Crippen molar-refractivity contribution >= 4 is 5.91 Å². The fourth-order valence-electron chi connectivity index (χ4n) is 2.28. The van der Waals surface area contributed by atoms with Gasteiger partial charge in [-0.25, -0.2) is 0 Å². The molecule has 4 heteroatoms. The Hall–Kier alpha value is -0.610. The summed E-state index contributed by atoms with van der Waals surface area (Å²) in [6.07, 6.45) is 4.93. The van der Waals surface area contributed by atoms with E-state index in [2.05, 4.69) is 0 Å². The summed E-state index contributed by atoms with van der Waals surface area (Å²) in [7, 11) is 3.29.